The summed E-state index contributed by atoms with van der Waals surface area (Å²) in [5, 5.41) is 0. The lowest BCUT2D eigenvalue weighted by Crippen LogP contribution is -2.16. The van der Waals surface area contributed by atoms with Gasteiger partial charge in [0.2, 0.25) is 0 Å². The summed E-state index contributed by atoms with van der Waals surface area (Å²) < 4.78 is 66.6. The van der Waals surface area contributed by atoms with Crippen LogP contribution in [0.15, 0.2) is 66.7 Å². The van der Waals surface area contributed by atoms with E-state index < -0.39 is 18.0 Å². The fraction of sp³-hybridized carbons (Fsp3) is 0.0526. The lowest BCUT2D eigenvalue weighted by molar-refractivity contribution is -0.274. The maximum absolute atomic E-state index is 13.3. The number of hydrogen-bond donors (Lipinski definition) is 0. The maximum atomic E-state index is 13.3. The van der Waals surface area contributed by atoms with Crippen LogP contribution >= 0.6 is 0 Å². The minimum absolute atomic E-state index is 0.297. The van der Waals surface area contributed by atoms with Crippen molar-refractivity contribution in [1.29, 1.82) is 0 Å². The van der Waals surface area contributed by atoms with E-state index >= 15 is 0 Å². The van der Waals surface area contributed by atoms with Crippen molar-refractivity contribution in [3.63, 3.8) is 0 Å². The molecule has 0 N–H and O–H groups in total. The second-order valence-corrected chi connectivity index (χ2v) is 5.28. The average Bonchev–Trinajstić information content (AvgIpc) is 2.57. The number of halogens is 5. The first-order chi connectivity index (χ1) is 11.8. The van der Waals surface area contributed by atoms with E-state index in [0.717, 1.165) is 17.7 Å². The maximum Gasteiger partial charge on any atom is 0.573 e. The summed E-state index contributed by atoms with van der Waals surface area (Å²) in [6.07, 6.45) is -4.73. The molecule has 0 atom stereocenters. The van der Waals surface area contributed by atoms with Crippen LogP contribution in [0.5, 0.6) is 5.75 Å². The molecule has 25 heavy (non-hydrogen) atoms. The van der Waals surface area contributed by atoms with Gasteiger partial charge in [-0.2, -0.15) is 0 Å². The van der Waals surface area contributed by atoms with E-state index in [1.54, 1.807) is 24.3 Å². The number of ether oxygens (including phenoxy) is 1. The third-order valence-corrected chi connectivity index (χ3v) is 3.56. The second-order valence-electron chi connectivity index (χ2n) is 5.28. The molecule has 0 heterocycles. The molecule has 0 spiro atoms. The van der Waals surface area contributed by atoms with E-state index in [-0.39, 0.29) is 5.75 Å². The molecule has 0 aliphatic rings. The standard InChI is InChI=1S/C19H11F5O/c20-17-10-7-15(11-18(17)21)14-3-1-12(2-4-14)13-5-8-16(9-6-13)25-19(22,23)24/h1-11H. The smallest absolute Gasteiger partial charge is 0.406 e. The van der Waals surface area contributed by atoms with Gasteiger partial charge in [-0.15, -0.1) is 13.2 Å². The van der Waals surface area contributed by atoms with Crippen molar-refractivity contribution < 1.29 is 26.7 Å². The molecule has 0 bridgehead atoms. The average molecular weight is 350 g/mol. The fourth-order valence-electron chi connectivity index (χ4n) is 2.38. The van der Waals surface area contributed by atoms with Gasteiger partial charge in [-0.05, 0) is 46.5 Å². The second kappa shape index (κ2) is 6.55. The van der Waals surface area contributed by atoms with Crippen LogP contribution in [0.2, 0.25) is 0 Å². The molecule has 128 valence electrons. The topological polar surface area (TPSA) is 9.23 Å². The SMILES string of the molecule is Fc1ccc(-c2ccc(-c3ccc(OC(F)(F)F)cc3)cc2)cc1F. The molecule has 3 aromatic carbocycles. The zero-order valence-electron chi connectivity index (χ0n) is 12.6. The van der Waals surface area contributed by atoms with Gasteiger partial charge < -0.3 is 4.74 Å². The number of benzene rings is 3. The fourth-order valence-corrected chi connectivity index (χ4v) is 2.38. The lowest BCUT2D eigenvalue weighted by atomic mass is 10.0. The Bertz CT molecular complexity index is 868. The zero-order chi connectivity index (χ0) is 18.0. The first kappa shape index (κ1) is 17.0. The Morgan fingerprint density at radius 2 is 1.00 bits per heavy atom. The number of hydrogen-bond acceptors (Lipinski definition) is 1. The van der Waals surface area contributed by atoms with Crippen LogP contribution in [0, 0.1) is 11.6 Å². The van der Waals surface area contributed by atoms with Crippen LogP contribution in [0.3, 0.4) is 0 Å². The first-order valence-electron chi connectivity index (χ1n) is 7.23. The van der Waals surface area contributed by atoms with Crippen LogP contribution in [0.4, 0.5) is 22.0 Å². The molecule has 3 rings (SSSR count). The van der Waals surface area contributed by atoms with Crippen LogP contribution in [0.1, 0.15) is 0 Å². The summed E-state index contributed by atoms with van der Waals surface area (Å²) in [4.78, 5) is 0. The number of rotatable bonds is 3. The molecule has 0 saturated carbocycles. The van der Waals surface area contributed by atoms with Crippen molar-refractivity contribution in [1.82, 2.24) is 0 Å². The third kappa shape index (κ3) is 4.15. The highest BCUT2D eigenvalue weighted by Crippen LogP contribution is 2.28. The van der Waals surface area contributed by atoms with Crippen molar-refractivity contribution in [2.24, 2.45) is 0 Å². The summed E-state index contributed by atoms with van der Waals surface area (Å²) >= 11 is 0. The minimum Gasteiger partial charge on any atom is -0.406 e. The predicted octanol–water partition coefficient (Wildman–Crippen LogP) is 6.20. The van der Waals surface area contributed by atoms with Gasteiger partial charge in [0.05, 0.1) is 0 Å². The van der Waals surface area contributed by atoms with Crippen molar-refractivity contribution in [3.8, 4) is 28.0 Å². The highest BCUT2D eigenvalue weighted by atomic mass is 19.4. The molecule has 0 fully saturated rings. The molecule has 0 aromatic heterocycles. The van der Waals surface area contributed by atoms with Crippen molar-refractivity contribution in [3.05, 3.63) is 78.4 Å². The van der Waals surface area contributed by atoms with Crippen LogP contribution in [-0.2, 0) is 0 Å². The Morgan fingerprint density at radius 3 is 1.48 bits per heavy atom. The highest BCUT2D eigenvalue weighted by Gasteiger charge is 2.30. The van der Waals surface area contributed by atoms with E-state index in [1.165, 1.54) is 30.3 Å². The molecule has 6 heteroatoms. The van der Waals surface area contributed by atoms with Crippen LogP contribution < -0.4 is 4.74 Å². The Labute approximate surface area is 140 Å². The summed E-state index contributed by atoms with van der Waals surface area (Å²) in [7, 11) is 0. The first-order valence-corrected chi connectivity index (χ1v) is 7.23. The van der Waals surface area contributed by atoms with Crippen molar-refractivity contribution in [2.75, 3.05) is 0 Å². The molecule has 0 radical (unpaired) electrons. The number of alkyl halides is 3. The molecule has 0 unspecified atom stereocenters. The normalized spacial score (nSPS) is 11.4. The lowest BCUT2D eigenvalue weighted by Gasteiger charge is -2.10. The highest BCUT2D eigenvalue weighted by molar-refractivity contribution is 5.70. The van der Waals surface area contributed by atoms with Crippen LogP contribution in [-0.4, -0.2) is 6.36 Å². The van der Waals surface area contributed by atoms with E-state index in [4.69, 9.17) is 0 Å². The molecular formula is C19H11F5O. The summed E-state index contributed by atoms with van der Waals surface area (Å²) in [6, 6.07) is 16.0. The Balaban J connectivity index is 1.81. The van der Waals surface area contributed by atoms with Gasteiger partial charge in [-0.25, -0.2) is 8.78 Å². The molecule has 0 aliphatic heterocycles. The largest absolute Gasteiger partial charge is 0.573 e. The van der Waals surface area contributed by atoms with E-state index in [9.17, 15) is 22.0 Å². The Kier molecular flexibility index (Phi) is 4.44. The van der Waals surface area contributed by atoms with Crippen molar-refractivity contribution in [2.45, 2.75) is 6.36 Å². The Hall–Kier alpha value is -2.89. The zero-order valence-corrected chi connectivity index (χ0v) is 12.6. The van der Waals surface area contributed by atoms with Gasteiger partial charge in [-0.3, -0.25) is 0 Å². The van der Waals surface area contributed by atoms with Crippen LogP contribution in [0.25, 0.3) is 22.3 Å². The molecule has 1 nitrogen and oxygen atoms in total. The van der Waals surface area contributed by atoms with Gasteiger partial charge in [0.15, 0.2) is 11.6 Å². The summed E-state index contributed by atoms with van der Waals surface area (Å²) in [5.74, 6) is -2.14. The quantitative estimate of drug-likeness (QED) is 0.511. The minimum atomic E-state index is -4.73. The third-order valence-electron chi connectivity index (χ3n) is 3.56. The molecule has 3 aromatic rings. The van der Waals surface area contributed by atoms with Gasteiger partial charge in [0.1, 0.15) is 5.75 Å². The summed E-state index contributed by atoms with van der Waals surface area (Å²) in [5.41, 5.74) is 2.69. The van der Waals surface area contributed by atoms with Gasteiger partial charge in [0, 0.05) is 0 Å². The van der Waals surface area contributed by atoms with Gasteiger partial charge >= 0.3 is 6.36 Å². The Morgan fingerprint density at radius 1 is 0.560 bits per heavy atom. The molecule has 0 amide bonds. The molecular weight excluding hydrogens is 339 g/mol. The van der Waals surface area contributed by atoms with Gasteiger partial charge in [-0.1, -0.05) is 42.5 Å². The van der Waals surface area contributed by atoms with Crippen molar-refractivity contribution >= 4 is 0 Å². The monoisotopic (exact) mass is 350 g/mol. The van der Waals surface area contributed by atoms with E-state index in [1.807, 2.05) is 0 Å². The molecule has 0 saturated heterocycles. The van der Waals surface area contributed by atoms with E-state index in [0.29, 0.717) is 16.7 Å². The van der Waals surface area contributed by atoms with E-state index in [2.05, 4.69) is 4.74 Å². The predicted molar refractivity (Wildman–Crippen MR) is 83.9 cm³/mol. The molecule has 0 aliphatic carbocycles. The van der Waals surface area contributed by atoms with Gasteiger partial charge in [0.25, 0.3) is 0 Å². The summed E-state index contributed by atoms with van der Waals surface area (Å²) in [6.45, 7) is 0.